The predicted octanol–water partition coefficient (Wildman–Crippen LogP) is 0.466. The van der Waals surface area contributed by atoms with Crippen molar-refractivity contribution in [1.82, 2.24) is 24.0 Å². The molecule has 0 radical (unpaired) electrons. The number of alkyl halides is 3. The molecular weight excluding hydrogens is 433 g/mol. The number of carboxylic acids is 1. The number of halogens is 3. The molecular formula is C19H21F3N6O4. The van der Waals surface area contributed by atoms with Crippen molar-refractivity contribution in [2.24, 2.45) is 14.1 Å². The first-order valence-corrected chi connectivity index (χ1v) is 9.53. The number of nitrogens with one attached hydrogen (secondary N) is 1. The zero-order chi connectivity index (χ0) is 23.6. The minimum atomic E-state index is -5.08. The lowest BCUT2D eigenvalue weighted by molar-refractivity contribution is -0.192. The van der Waals surface area contributed by atoms with E-state index in [2.05, 4.69) is 15.2 Å². The van der Waals surface area contributed by atoms with Crippen LogP contribution in [0.4, 0.5) is 19.1 Å². The van der Waals surface area contributed by atoms with Crippen LogP contribution in [-0.4, -0.2) is 62.1 Å². The van der Waals surface area contributed by atoms with Crippen molar-refractivity contribution in [2.45, 2.75) is 6.18 Å². The fourth-order valence-corrected chi connectivity index (χ4v) is 3.28. The fourth-order valence-electron chi connectivity index (χ4n) is 3.28. The Labute approximate surface area is 179 Å². The van der Waals surface area contributed by atoms with E-state index in [-0.39, 0.29) is 11.2 Å². The lowest BCUT2D eigenvalue weighted by atomic mass is 10.3. The molecule has 0 saturated carbocycles. The van der Waals surface area contributed by atoms with E-state index in [1.54, 1.807) is 7.05 Å². The van der Waals surface area contributed by atoms with E-state index >= 15 is 0 Å². The molecule has 3 heterocycles. The average molecular weight is 454 g/mol. The summed E-state index contributed by atoms with van der Waals surface area (Å²) in [4.78, 5) is 40.9. The van der Waals surface area contributed by atoms with Gasteiger partial charge >= 0.3 is 17.8 Å². The Morgan fingerprint density at radius 1 is 1.06 bits per heavy atom. The van der Waals surface area contributed by atoms with Crippen LogP contribution < -0.4 is 21.5 Å². The smallest absolute Gasteiger partial charge is 0.475 e. The Balaban J connectivity index is 0.000000360. The first-order valence-electron chi connectivity index (χ1n) is 9.53. The number of imidazole rings is 1. The van der Waals surface area contributed by atoms with E-state index in [0.717, 1.165) is 36.4 Å². The van der Waals surface area contributed by atoms with Crippen LogP contribution in [0.2, 0.25) is 0 Å². The number of aromatic nitrogens is 4. The van der Waals surface area contributed by atoms with Crippen molar-refractivity contribution in [3.8, 4) is 5.69 Å². The zero-order valence-corrected chi connectivity index (χ0v) is 17.3. The maximum Gasteiger partial charge on any atom is 0.490 e. The number of fused-ring (bicyclic) bond motifs is 1. The van der Waals surface area contributed by atoms with Crippen molar-refractivity contribution in [1.29, 1.82) is 0 Å². The maximum absolute atomic E-state index is 12.8. The largest absolute Gasteiger partial charge is 0.490 e. The fraction of sp³-hybridized carbons (Fsp3) is 0.368. The minimum absolute atomic E-state index is 0.337. The van der Waals surface area contributed by atoms with Crippen molar-refractivity contribution in [3.63, 3.8) is 0 Å². The first-order chi connectivity index (χ1) is 15.0. The molecule has 13 heteroatoms. The van der Waals surface area contributed by atoms with Gasteiger partial charge in [0.1, 0.15) is 0 Å². The average Bonchev–Trinajstić information content (AvgIpc) is 3.18. The topological polar surface area (TPSA) is 114 Å². The summed E-state index contributed by atoms with van der Waals surface area (Å²) in [6.07, 6.45) is -5.08. The zero-order valence-electron chi connectivity index (χ0n) is 17.3. The number of aryl methyl sites for hydroxylation is 1. The molecule has 2 aromatic heterocycles. The number of hydrogen-bond acceptors (Lipinski definition) is 6. The molecule has 4 rings (SSSR count). The van der Waals surface area contributed by atoms with Crippen LogP contribution >= 0.6 is 0 Å². The van der Waals surface area contributed by atoms with Gasteiger partial charge in [-0.3, -0.25) is 18.5 Å². The number of carboxylic acid groups (broad SMARTS) is 1. The van der Waals surface area contributed by atoms with E-state index in [9.17, 15) is 22.8 Å². The summed E-state index contributed by atoms with van der Waals surface area (Å²) >= 11 is 0. The van der Waals surface area contributed by atoms with Gasteiger partial charge in [0.15, 0.2) is 11.2 Å². The molecule has 2 N–H and O–H groups in total. The van der Waals surface area contributed by atoms with Gasteiger partial charge in [-0.2, -0.15) is 18.2 Å². The lowest BCUT2D eigenvalue weighted by Gasteiger charge is -2.28. The summed E-state index contributed by atoms with van der Waals surface area (Å²) in [5, 5.41) is 10.4. The van der Waals surface area contributed by atoms with E-state index in [0.29, 0.717) is 17.1 Å². The molecule has 3 aromatic rings. The molecule has 1 aromatic carbocycles. The molecule has 0 atom stereocenters. The summed E-state index contributed by atoms with van der Waals surface area (Å²) in [5.74, 6) is -2.06. The van der Waals surface area contributed by atoms with Gasteiger partial charge in [-0.05, 0) is 12.1 Å². The summed E-state index contributed by atoms with van der Waals surface area (Å²) in [5.41, 5.74) is 0.974. The standard InChI is InChI=1S/C17H20N6O2.C2HF3O2/c1-20-14-13(15(24)21(2)17(20)25)23(12-6-4-3-5-7-12)16(19-14)22-10-8-18-9-11-22;3-2(4,5)1(6)7/h3-7,18H,8-11H2,1-2H3;(H,6,7). The van der Waals surface area contributed by atoms with Gasteiger partial charge in [0.25, 0.3) is 5.56 Å². The number of hydrogen-bond donors (Lipinski definition) is 2. The van der Waals surface area contributed by atoms with Gasteiger partial charge in [-0.25, -0.2) is 9.59 Å². The number of carbonyl (C=O) groups is 1. The van der Waals surface area contributed by atoms with Gasteiger partial charge in [0, 0.05) is 46.0 Å². The van der Waals surface area contributed by atoms with Crippen molar-refractivity contribution >= 4 is 23.1 Å². The number of rotatable bonds is 2. The first kappa shape index (κ1) is 23.1. The van der Waals surface area contributed by atoms with Gasteiger partial charge in [-0.15, -0.1) is 0 Å². The molecule has 1 saturated heterocycles. The second-order valence-electron chi connectivity index (χ2n) is 7.00. The summed E-state index contributed by atoms with van der Waals surface area (Å²) in [6, 6.07) is 9.67. The van der Waals surface area contributed by atoms with Gasteiger partial charge in [0.2, 0.25) is 5.95 Å². The Hall–Kier alpha value is -3.61. The second-order valence-corrected chi connectivity index (χ2v) is 7.00. The SMILES string of the molecule is Cn1c(=O)c2c(nc(N3CCNCC3)n2-c2ccccc2)n(C)c1=O.O=C(O)C(F)(F)F. The number of piperazine rings is 1. The number of aliphatic carboxylic acids is 1. The van der Waals surface area contributed by atoms with Crippen molar-refractivity contribution < 1.29 is 23.1 Å². The molecule has 10 nitrogen and oxygen atoms in total. The normalized spacial score (nSPS) is 14.2. The molecule has 172 valence electrons. The third-order valence-corrected chi connectivity index (χ3v) is 4.90. The second kappa shape index (κ2) is 8.86. The quantitative estimate of drug-likeness (QED) is 0.579. The molecule has 0 spiro atoms. The maximum atomic E-state index is 12.8. The molecule has 1 aliphatic rings. The summed E-state index contributed by atoms with van der Waals surface area (Å²) in [7, 11) is 3.14. The number of anilines is 1. The van der Waals surface area contributed by atoms with Crippen molar-refractivity contribution in [2.75, 3.05) is 31.1 Å². The van der Waals surface area contributed by atoms with E-state index in [1.165, 1.54) is 11.6 Å². The Kier molecular flexibility index (Phi) is 6.39. The highest BCUT2D eigenvalue weighted by molar-refractivity contribution is 5.77. The molecule has 32 heavy (non-hydrogen) atoms. The number of benzene rings is 1. The van der Waals surface area contributed by atoms with Crippen LogP contribution in [0.3, 0.4) is 0 Å². The third-order valence-electron chi connectivity index (χ3n) is 4.90. The number of nitrogens with zero attached hydrogens (tertiary/aromatic N) is 5. The van der Waals surface area contributed by atoms with Crippen LogP contribution in [0.25, 0.3) is 16.9 Å². The monoisotopic (exact) mass is 454 g/mol. The minimum Gasteiger partial charge on any atom is -0.475 e. The highest BCUT2D eigenvalue weighted by Gasteiger charge is 2.38. The van der Waals surface area contributed by atoms with E-state index in [4.69, 9.17) is 9.90 Å². The van der Waals surface area contributed by atoms with Crippen LogP contribution in [0.1, 0.15) is 0 Å². The highest BCUT2D eigenvalue weighted by Crippen LogP contribution is 2.24. The Morgan fingerprint density at radius 2 is 1.62 bits per heavy atom. The van der Waals surface area contributed by atoms with Crippen LogP contribution in [0.15, 0.2) is 39.9 Å². The van der Waals surface area contributed by atoms with Gasteiger partial charge < -0.3 is 15.3 Å². The molecule has 1 aliphatic heterocycles. The molecule has 1 fully saturated rings. The number of para-hydroxylation sites is 1. The van der Waals surface area contributed by atoms with E-state index < -0.39 is 12.1 Å². The summed E-state index contributed by atoms with van der Waals surface area (Å²) < 4.78 is 36.2. The van der Waals surface area contributed by atoms with Crippen molar-refractivity contribution in [3.05, 3.63) is 51.2 Å². The van der Waals surface area contributed by atoms with E-state index in [1.807, 2.05) is 34.9 Å². The Morgan fingerprint density at radius 3 is 2.16 bits per heavy atom. The lowest BCUT2D eigenvalue weighted by Crippen LogP contribution is -2.44. The predicted molar refractivity (Wildman–Crippen MR) is 110 cm³/mol. The van der Waals surface area contributed by atoms with Crippen LogP contribution in [0, 0.1) is 0 Å². The molecule has 0 amide bonds. The molecule has 0 unspecified atom stereocenters. The Bertz CT molecular complexity index is 1240. The van der Waals surface area contributed by atoms with Gasteiger partial charge in [0.05, 0.1) is 0 Å². The van der Waals surface area contributed by atoms with Crippen LogP contribution in [0.5, 0.6) is 0 Å². The molecule has 0 bridgehead atoms. The highest BCUT2D eigenvalue weighted by atomic mass is 19.4. The third kappa shape index (κ3) is 4.37. The molecule has 0 aliphatic carbocycles. The van der Waals surface area contributed by atoms with Gasteiger partial charge in [-0.1, -0.05) is 18.2 Å². The summed E-state index contributed by atoms with van der Waals surface area (Å²) in [6.45, 7) is 3.30. The van der Waals surface area contributed by atoms with Crippen LogP contribution in [-0.2, 0) is 18.9 Å².